The number of piperazine rings is 1. The molecule has 0 saturated carbocycles. The highest BCUT2D eigenvalue weighted by Gasteiger charge is 2.26. The zero-order valence-electron chi connectivity index (χ0n) is 11.0. The fourth-order valence-corrected chi connectivity index (χ4v) is 2.47. The summed E-state index contributed by atoms with van der Waals surface area (Å²) in [5.41, 5.74) is 1.08. The second kappa shape index (κ2) is 5.06. The summed E-state index contributed by atoms with van der Waals surface area (Å²) in [5.74, 6) is -0.652. The summed E-state index contributed by atoms with van der Waals surface area (Å²) in [5, 5.41) is 3.35. The number of hydrogen-bond donors (Lipinski definition) is 1. The largest absolute Gasteiger partial charge is 0.335 e. The highest BCUT2D eigenvalue weighted by Crippen LogP contribution is 2.15. The van der Waals surface area contributed by atoms with Crippen LogP contribution < -0.4 is 5.32 Å². The van der Waals surface area contributed by atoms with Crippen molar-refractivity contribution in [1.82, 2.24) is 10.2 Å². The molecule has 1 aromatic carbocycles. The maximum absolute atomic E-state index is 13.7. The second-order valence-electron chi connectivity index (χ2n) is 5.16. The van der Waals surface area contributed by atoms with E-state index in [1.807, 2.05) is 20.8 Å². The third-order valence-corrected chi connectivity index (χ3v) is 3.20. The van der Waals surface area contributed by atoms with Crippen molar-refractivity contribution >= 4 is 5.91 Å². The first-order valence-electron chi connectivity index (χ1n) is 6.29. The second-order valence-corrected chi connectivity index (χ2v) is 5.16. The molecule has 0 aliphatic carbocycles. The first-order chi connectivity index (χ1) is 8.47. The summed E-state index contributed by atoms with van der Waals surface area (Å²) in [6.07, 6.45) is 0. The number of nitrogens with zero attached hydrogens (tertiary/aromatic N) is 1. The van der Waals surface area contributed by atoms with E-state index in [1.165, 1.54) is 6.07 Å². The van der Waals surface area contributed by atoms with Gasteiger partial charge in [-0.2, -0.15) is 0 Å². The fraction of sp³-hybridized carbons (Fsp3) is 0.500. The monoisotopic (exact) mass is 250 g/mol. The molecule has 1 N–H and O–H groups in total. The molecular formula is C14H19FN2O. The highest BCUT2D eigenvalue weighted by atomic mass is 19.1. The smallest absolute Gasteiger partial charge is 0.256 e. The van der Waals surface area contributed by atoms with Gasteiger partial charge in [0, 0.05) is 25.2 Å². The number of aryl methyl sites for hydroxylation is 1. The van der Waals surface area contributed by atoms with Crippen LogP contribution in [0, 0.1) is 12.7 Å². The number of nitrogens with one attached hydrogen (secondary N) is 1. The maximum atomic E-state index is 13.7. The van der Waals surface area contributed by atoms with E-state index in [0.717, 1.165) is 5.56 Å². The van der Waals surface area contributed by atoms with Gasteiger partial charge in [0.1, 0.15) is 5.82 Å². The quantitative estimate of drug-likeness (QED) is 0.826. The van der Waals surface area contributed by atoms with Crippen molar-refractivity contribution in [2.45, 2.75) is 32.9 Å². The van der Waals surface area contributed by atoms with Gasteiger partial charge in [-0.25, -0.2) is 4.39 Å². The number of rotatable bonds is 1. The number of carbonyl (C=O) groups excluding carboxylic acids is 1. The van der Waals surface area contributed by atoms with Crippen molar-refractivity contribution in [1.29, 1.82) is 0 Å². The predicted molar refractivity (Wildman–Crippen MR) is 69.1 cm³/mol. The highest BCUT2D eigenvalue weighted by molar-refractivity contribution is 5.94. The standard InChI is InChI=1S/C14H19FN2O/c1-9-4-5-13(15)12(6-9)14(18)17-7-10(2)16-11(3)8-17/h4-6,10-11,16H,7-8H2,1-3H3/t10-,11-/m0/s1. The lowest BCUT2D eigenvalue weighted by molar-refractivity contribution is 0.0669. The fourth-order valence-electron chi connectivity index (χ4n) is 2.47. The molecule has 98 valence electrons. The van der Waals surface area contributed by atoms with Gasteiger partial charge in [0.25, 0.3) is 5.91 Å². The van der Waals surface area contributed by atoms with E-state index in [-0.39, 0.29) is 23.6 Å². The number of carbonyl (C=O) groups is 1. The van der Waals surface area contributed by atoms with Gasteiger partial charge in [0.15, 0.2) is 0 Å². The first kappa shape index (κ1) is 13.0. The molecule has 1 aromatic rings. The van der Waals surface area contributed by atoms with Crippen molar-refractivity contribution < 1.29 is 9.18 Å². The Hall–Kier alpha value is -1.42. The molecule has 0 bridgehead atoms. The summed E-state index contributed by atoms with van der Waals surface area (Å²) in [6.45, 7) is 7.16. The van der Waals surface area contributed by atoms with Gasteiger partial charge >= 0.3 is 0 Å². The summed E-state index contributed by atoms with van der Waals surface area (Å²) < 4.78 is 13.7. The van der Waals surface area contributed by atoms with E-state index in [4.69, 9.17) is 0 Å². The third-order valence-electron chi connectivity index (χ3n) is 3.20. The van der Waals surface area contributed by atoms with E-state index in [2.05, 4.69) is 5.32 Å². The van der Waals surface area contributed by atoms with Crippen LogP contribution in [0.2, 0.25) is 0 Å². The Kier molecular flexibility index (Phi) is 3.66. The van der Waals surface area contributed by atoms with Crippen LogP contribution in [0.3, 0.4) is 0 Å². The van der Waals surface area contributed by atoms with Gasteiger partial charge in [-0.05, 0) is 32.9 Å². The molecule has 0 aromatic heterocycles. The molecular weight excluding hydrogens is 231 g/mol. The molecule has 1 saturated heterocycles. The molecule has 1 aliphatic heterocycles. The minimum Gasteiger partial charge on any atom is -0.335 e. The van der Waals surface area contributed by atoms with Crippen LogP contribution in [-0.4, -0.2) is 36.0 Å². The maximum Gasteiger partial charge on any atom is 0.256 e. The number of halogens is 1. The minimum atomic E-state index is -0.440. The molecule has 1 aliphatic rings. The Balaban J connectivity index is 2.22. The zero-order valence-corrected chi connectivity index (χ0v) is 11.0. The molecule has 2 atom stereocenters. The topological polar surface area (TPSA) is 32.3 Å². The lowest BCUT2D eigenvalue weighted by Gasteiger charge is -2.36. The summed E-state index contributed by atoms with van der Waals surface area (Å²) >= 11 is 0. The average Bonchev–Trinajstić information content (AvgIpc) is 2.30. The van der Waals surface area contributed by atoms with Crippen LogP contribution in [0.4, 0.5) is 4.39 Å². The Labute approximate surface area is 107 Å². The van der Waals surface area contributed by atoms with Gasteiger partial charge in [0.05, 0.1) is 5.56 Å². The van der Waals surface area contributed by atoms with Crippen LogP contribution >= 0.6 is 0 Å². The van der Waals surface area contributed by atoms with Crippen molar-refractivity contribution in [2.75, 3.05) is 13.1 Å². The van der Waals surface area contributed by atoms with Gasteiger partial charge in [-0.1, -0.05) is 11.6 Å². The molecule has 2 rings (SSSR count). The lowest BCUT2D eigenvalue weighted by Crippen LogP contribution is -2.55. The van der Waals surface area contributed by atoms with Crippen molar-refractivity contribution in [2.24, 2.45) is 0 Å². The molecule has 1 heterocycles. The predicted octanol–water partition coefficient (Wildman–Crippen LogP) is 1.96. The van der Waals surface area contributed by atoms with Crippen LogP contribution in [0.25, 0.3) is 0 Å². The normalized spacial score (nSPS) is 24.1. The van der Waals surface area contributed by atoms with Gasteiger partial charge in [0.2, 0.25) is 0 Å². The molecule has 1 amide bonds. The molecule has 18 heavy (non-hydrogen) atoms. The Morgan fingerprint density at radius 3 is 2.56 bits per heavy atom. The number of benzene rings is 1. The van der Waals surface area contributed by atoms with Gasteiger partial charge < -0.3 is 10.2 Å². The van der Waals surface area contributed by atoms with Gasteiger partial charge in [-0.15, -0.1) is 0 Å². The lowest BCUT2D eigenvalue weighted by atomic mass is 10.1. The molecule has 0 radical (unpaired) electrons. The average molecular weight is 250 g/mol. The SMILES string of the molecule is Cc1ccc(F)c(C(=O)N2C[C@H](C)N[C@@H](C)C2)c1. The third kappa shape index (κ3) is 2.70. The number of amides is 1. The number of hydrogen-bond acceptors (Lipinski definition) is 2. The van der Waals surface area contributed by atoms with Crippen molar-refractivity contribution in [3.63, 3.8) is 0 Å². The van der Waals surface area contributed by atoms with E-state index in [0.29, 0.717) is 13.1 Å². The first-order valence-corrected chi connectivity index (χ1v) is 6.29. The molecule has 3 nitrogen and oxygen atoms in total. The van der Waals surface area contributed by atoms with Crippen LogP contribution in [0.5, 0.6) is 0 Å². The van der Waals surface area contributed by atoms with E-state index in [1.54, 1.807) is 17.0 Å². The van der Waals surface area contributed by atoms with Crippen molar-refractivity contribution in [3.05, 3.63) is 35.1 Å². The molecule has 4 heteroatoms. The van der Waals surface area contributed by atoms with Crippen LogP contribution in [0.1, 0.15) is 29.8 Å². The summed E-state index contributed by atoms with van der Waals surface area (Å²) in [4.78, 5) is 14.0. The van der Waals surface area contributed by atoms with E-state index < -0.39 is 5.82 Å². The zero-order chi connectivity index (χ0) is 13.3. The molecule has 0 unspecified atom stereocenters. The van der Waals surface area contributed by atoms with Crippen molar-refractivity contribution in [3.8, 4) is 0 Å². The van der Waals surface area contributed by atoms with Crippen LogP contribution in [-0.2, 0) is 0 Å². The van der Waals surface area contributed by atoms with Crippen LogP contribution in [0.15, 0.2) is 18.2 Å². The minimum absolute atomic E-state index is 0.177. The van der Waals surface area contributed by atoms with Gasteiger partial charge in [-0.3, -0.25) is 4.79 Å². The van der Waals surface area contributed by atoms with E-state index in [9.17, 15) is 9.18 Å². The Morgan fingerprint density at radius 2 is 1.94 bits per heavy atom. The van der Waals surface area contributed by atoms with E-state index >= 15 is 0 Å². The molecule has 0 spiro atoms. The summed E-state index contributed by atoms with van der Waals surface area (Å²) in [6, 6.07) is 5.14. The Bertz CT molecular complexity index is 451. The summed E-state index contributed by atoms with van der Waals surface area (Å²) in [7, 11) is 0. The Morgan fingerprint density at radius 1 is 1.33 bits per heavy atom. The molecule has 1 fully saturated rings.